The van der Waals surface area contributed by atoms with Gasteiger partial charge in [-0.2, -0.15) is 0 Å². The number of nitrogens with two attached hydrogens (primary N) is 1. The lowest BCUT2D eigenvalue weighted by atomic mass is 9.89. The number of piperidine rings is 1. The Morgan fingerprint density at radius 1 is 1.00 bits per heavy atom. The Kier molecular flexibility index (Phi) is 5.76. The predicted molar refractivity (Wildman–Crippen MR) is 101 cm³/mol. The lowest BCUT2D eigenvalue weighted by molar-refractivity contribution is -0.115. The fraction of sp³-hybridized carbons (Fsp3) is 0.300. The molecule has 0 saturated carbocycles. The van der Waals surface area contributed by atoms with Gasteiger partial charge in [0, 0.05) is 18.0 Å². The molecule has 1 fully saturated rings. The lowest BCUT2D eigenvalue weighted by Gasteiger charge is -2.32. The third-order valence-corrected chi connectivity index (χ3v) is 5.64. The van der Waals surface area contributed by atoms with Crippen LogP contribution in [0, 0.1) is 0 Å². The first-order chi connectivity index (χ1) is 12.1. The molecule has 130 valence electrons. The van der Waals surface area contributed by atoms with Crippen molar-refractivity contribution in [3.63, 3.8) is 0 Å². The van der Waals surface area contributed by atoms with Gasteiger partial charge in [0.2, 0.25) is 5.91 Å². The summed E-state index contributed by atoms with van der Waals surface area (Å²) in [5.41, 5.74) is 7.24. The number of thioether (sulfide) groups is 1. The molecule has 1 saturated heterocycles. The van der Waals surface area contributed by atoms with Crippen LogP contribution in [0.1, 0.15) is 34.7 Å². The molecule has 3 rings (SSSR count). The normalized spacial score (nSPS) is 15.1. The predicted octanol–water partition coefficient (Wildman–Crippen LogP) is 3.28. The van der Waals surface area contributed by atoms with Crippen LogP contribution in [-0.4, -0.2) is 35.6 Å². The molecule has 1 aliphatic heterocycles. The molecule has 2 amide bonds. The molecule has 0 spiro atoms. The van der Waals surface area contributed by atoms with Crippen molar-refractivity contribution in [2.45, 2.75) is 23.7 Å². The number of amides is 2. The lowest BCUT2D eigenvalue weighted by Crippen LogP contribution is -2.38. The second kappa shape index (κ2) is 8.21. The van der Waals surface area contributed by atoms with Crippen LogP contribution in [0.3, 0.4) is 0 Å². The molecule has 0 unspecified atom stereocenters. The van der Waals surface area contributed by atoms with Crippen molar-refractivity contribution >= 4 is 23.6 Å². The monoisotopic (exact) mass is 354 g/mol. The summed E-state index contributed by atoms with van der Waals surface area (Å²) in [6.45, 7) is 1.51. The number of primary amides is 1. The van der Waals surface area contributed by atoms with Gasteiger partial charge in [-0.25, -0.2) is 0 Å². The molecule has 5 heteroatoms. The third-order valence-electron chi connectivity index (χ3n) is 4.54. The van der Waals surface area contributed by atoms with Crippen molar-refractivity contribution in [3.8, 4) is 0 Å². The van der Waals surface area contributed by atoms with Crippen LogP contribution >= 0.6 is 11.8 Å². The second-order valence-corrected chi connectivity index (χ2v) is 7.25. The number of rotatable bonds is 5. The first-order valence-corrected chi connectivity index (χ1v) is 9.48. The number of carbonyl (C=O) groups is 2. The van der Waals surface area contributed by atoms with Crippen LogP contribution in [0.5, 0.6) is 0 Å². The van der Waals surface area contributed by atoms with E-state index in [-0.39, 0.29) is 17.6 Å². The molecule has 2 aromatic carbocycles. The molecule has 0 atom stereocenters. The van der Waals surface area contributed by atoms with E-state index in [1.165, 1.54) is 17.3 Å². The summed E-state index contributed by atoms with van der Waals surface area (Å²) in [4.78, 5) is 26.7. The molecule has 4 nitrogen and oxygen atoms in total. The highest BCUT2D eigenvalue weighted by atomic mass is 32.2. The van der Waals surface area contributed by atoms with Crippen molar-refractivity contribution in [3.05, 3.63) is 65.7 Å². The van der Waals surface area contributed by atoms with Gasteiger partial charge in [-0.15, -0.1) is 11.8 Å². The van der Waals surface area contributed by atoms with Gasteiger partial charge in [0.25, 0.3) is 5.91 Å². The Balaban J connectivity index is 1.66. The number of hydrogen-bond acceptors (Lipinski definition) is 3. The third kappa shape index (κ3) is 4.42. The van der Waals surface area contributed by atoms with Gasteiger partial charge >= 0.3 is 0 Å². The molecule has 0 bridgehead atoms. The zero-order chi connectivity index (χ0) is 17.6. The molecule has 1 aliphatic rings. The number of hydrogen-bond donors (Lipinski definition) is 1. The summed E-state index contributed by atoms with van der Waals surface area (Å²) in [5.74, 6) is 0.361. The van der Waals surface area contributed by atoms with Crippen molar-refractivity contribution in [2.24, 2.45) is 5.73 Å². The van der Waals surface area contributed by atoms with E-state index in [0.29, 0.717) is 11.5 Å². The average molecular weight is 354 g/mol. The molecule has 25 heavy (non-hydrogen) atoms. The Labute approximate surface area is 152 Å². The van der Waals surface area contributed by atoms with Crippen molar-refractivity contribution < 1.29 is 9.59 Å². The number of carbonyl (C=O) groups excluding carboxylic acids is 2. The van der Waals surface area contributed by atoms with Crippen LogP contribution in [0.2, 0.25) is 0 Å². The Bertz CT molecular complexity index is 740. The second-order valence-electron chi connectivity index (χ2n) is 6.23. The van der Waals surface area contributed by atoms with Crippen molar-refractivity contribution in [2.75, 3.05) is 18.8 Å². The van der Waals surface area contributed by atoms with Gasteiger partial charge < -0.3 is 10.6 Å². The summed E-state index contributed by atoms with van der Waals surface area (Å²) in [7, 11) is 0. The van der Waals surface area contributed by atoms with Crippen LogP contribution in [0.15, 0.2) is 59.5 Å². The topological polar surface area (TPSA) is 63.4 Å². The van der Waals surface area contributed by atoms with Crippen molar-refractivity contribution in [1.29, 1.82) is 0 Å². The summed E-state index contributed by atoms with van der Waals surface area (Å²) in [6, 6.07) is 17.9. The molecule has 0 aromatic heterocycles. The highest BCUT2D eigenvalue weighted by Crippen LogP contribution is 2.30. The van der Waals surface area contributed by atoms with E-state index < -0.39 is 0 Å². The minimum absolute atomic E-state index is 0.0408. The number of benzene rings is 2. The van der Waals surface area contributed by atoms with E-state index in [4.69, 9.17) is 5.73 Å². The van der Waals surface area contributed by atoms with Gasteiger partial charge in [-0.1, -0.05) is 42.5 Å². The molecule has 0 radical (unpaired) electrons. The Morgan fingerprint density at radius 2 is 1.64 bits per heavy atom. The van der Waals surface area contributed by atoms with Crippen molar-refractivity contribution in [1.82, 2.24) is 4.90 Å². The fourth-order valence-electron chi connectivity index (χ4n) is 3.23. The maximum Gasteiger partial charge on any atom is 0.254 e. The largest absolute Gasteiger partial charge is 0.369 e. The SMILES string of the molecule is NC(=O)CSc1ccccc1C(=O)N1CCC(c2ccccc2)CC1. The van der Waals surface area contributed by atoms with Gasteiger partial charge in [0.1, 0.15) is 0 Å². The van der Waals surface area contributed by atoms with E-state index >= 15 is 0 Å². The van der Waals surface area contributed by atoms with Gasteiger partial charge in [0.15, 0.2) is 0 Å². The average Bonchev–Trinajstić information content (AvgIpc) is 2.67. The Hall–Kier alpha value is -2.27. The molecule has 2 aromatic rings. The summed E-state index contributed by atoms with van der Waals surface area (Å²) >= 11 is 1.32. The number of nitrogens with zero attached hydrogens (tertiary/aromatic N) is 1. The molecular weight excluding hydrogens is 332 g/mol. The van der Waals surface area contributed by atoms with Gasteiger partial charge in [-0.3, -0.25) is 9.59 Å². The first-order valence-electron chi connectivity index (χ1n) is 8.49. The minimum atomic E-state index is -0.379. The van der Waals surface area contributed by atoms with Gasteiger partial charge in [0.05, 0.1) is 11.3 Å². The summed E-state index contributed by atoms with van der Waals surface area (Å²) in [6.07, 6.45) is 1.96. The smallest absolute Gasteiger partial charge is 0.254 e. The highest BCUT2D eigenvalue weighted by molar-refractivity contribution is 8.00. The van der Waals surface area contributed by atoms with Gasteiger partial charge in [-0.05, 0) is 36.5 Å². The zero-order valence-electron chi connectivity index (χ0n) is 14.1. The standard InChI is InChI=1S/C20H22N2O2S/c21-19(23)14-25-18-9-5-4-8-17(18)20(24)22-12-10-16(11-13-22)15-6-2-1-3-7-15/h1-9,16H,10-14H2,(H2,21,23). The summed E-state index contributed by atoms with van der Waals surface area (Å²) < 4.78 is 0. The van der Waals surface area contributed by atoms with E-state index in [2.05, 4.69) is 24.3 Å². The quantitative estimate of drug-likeness (QED) is 0.838. The Morgan fingerprint density at radius 3 is 2.32 bits per heavy atom. The molecular formula is C20H22N2O2S. The zero-order valence-corrected chi connectivity index (χ0v) is 14.9. The maximum absolute atomic E-state index is 12.9. The molecule has 0 aliphatic carbocycles. The molecule has 1 heterocycles. The van der Waals surface area contributed by atoms with Crippen LogP contribution in [0.25, 0.3) is 0 Å². The van der Waals surface area contributed by atoms with Crippen LogP contribution in [-0.2, 0) is 4.79 Å². The van der Waals surface area contributed by atoms with E-state index in [9.17, 15) is 9.59 Å². The van der Waals surface area contributed by atoms with E-state index in [1.54, 1.807) is 0 Å². The van der Waals surface area contributed by atoms with E-state index in [1.807, 2.05) is 35.2 Å². The minimum Gasteiger partial charge on any atom is -0.369 e. The van der Waals surface area contributed by atoms with Crippen LogP contribution < -0.4 is 5.73 Å². The first kappa shape index (κ1) is 17.5. The fourth-order valence-corrected chi connectivity index (χ4v) is 4.01. The highest BCUT2D eigenvalue weighted by Gasteiger charge is 2.25. The van der Waals surface area contributed by atoms with Crippen LogP contribution in [0.4, 0.5) is 0 Å². The maximum atomic E-state index is 12.9. The number of likely N-dealkylation sites (tertiary alicyclic amines) is 1. The summed E-state index contributed by atoms with van der Waals surface area (Å²) in [5, 5.41) is 0. The van der Waals surface area contributed by atoms with E-state index in [0.717, 1.165) is 30.8 Å². The molecule has 2 N–H and O–H groups in total.